The van der Waals surface area contributed by atoms with Gasteiger partial charge in [0.05, 0.1) is 0 Å². The van der Waals surface area contributed by atoms with Crippen LogP contribution in [0.25, 0.3) is 17.4 Å². The van der Waals surface area contributed by atoms with Gasteiger partial charge < -0.3 is 14.8 Å². The van der Waals surface area contributed by atoms with E-state index < -0.39 is 0 Å². The number of phenols is 1. The smallest absolute Gasteiger partial charge is 0.212 e. The Labute approximate surface area is 126 Å². The molecule has 4 nitrogen and oxygen atoms in total. The highest BCUT2D eigenvalue weighted by atomic mass is 32.1. The lowest BCUT2D eigenvalue weighted by Crippen LogP contribution is -2.18. The summed E-state index contributed by atoms with van der Waals surface area (Å²) in [5, 5.41) is 11.8. The normalized spacial score (nSPS) is 11.2. The van der Waals surface area contributed by atoms with Crippen molar-refractivity contribution in [3.8, 4) is 17.1 Å². The van der Waals surface area contributed by atoms with Gasteiger partial charge in [-0.3, -0.25) is 4.79 Å². The van der Waals surface area contributed by atoms with Crippen molar-refractivity contribution in [3.63, 3.8) is 0 Å². The summed E-state index contributed by atoms with van der Waals surface area (Å²) in [4.78, 5) is 10.9. The highest BCUT2D eigenvalue weighted by molar-refractivity contribution is 7.90. The van der Waals surface area contributed by atoms with Gasteiger partial charge >= 0.3 is 0 Å². The molecule has 0 spiro atoms. The van der Waals surface area contributed by atoms with Gasteiger partial charge in [0.2, 0.25) is 6.41 Å². The molecular weight excluding hydrogens is 294 g/mol. The standard InChI is InChI=1S/C14H11NO3S2/c16-8-15-14(20)13(19)7-11-4-5-12(18-11)9-2-1-3-10(17)6-9/h1-8,17,19H,(H,15,16,20)/b13-7+. The fourth-order valence-corrected chi connectivity index (χ4v) is 1.87. The summed E-state index contributed by atoms with van der Waals surface area (Å²) >= 11 is 9.11. The Bertz CT molecular complexity index is 677. The molecule has 6 heteroatoms. The Morgan fingerprint density at radius 3 is 2.85 bits per heavy atom. The number of furan rings is 1. The maximum absolute atomic E-state index is 10.3. The monoisotopic (exact) mass is 305 g/mol. The van der Waals surface area contributed by atoms with Crippen LogP contribution in [0.15, 0.2) is 45.7 Å². The molecule has 2 N–H and O–H groups in total. The van der Waals surface area contributed by atoms with Crippen molar-refractivity contribution in [3.05, 3.63) is 47.1 Å². The fourth-order valence-electron chi connectivity index (χ4n) is 1.57. The number of rotatable bonds is 4. The summed E-state index contributed by atoms with van der Waals surface area (Å²) in [6.07, 6.45) is 2.10. The Morgan fingerprint density at radius 2 is 2.15 bits per heavy atom. The number of thiol groups is 1. The SMILES string of the molecule is O=CNC(=S)/C(S)=C\c1ccc(-c2cccc(O)c2)o1. The molecule has 20 heavy (non-hydrogen) atoms. The van der Waals surface area contributed by atoms with Gasteiger partial charge in [-0.15, -0.1) is 12.6 Å². The van der Waals surface area contributed by atoms with Crippen LogP contribution in [0, 0.1) is 0 Å². The van der Waals surface area contributed by atoms with E-state index in [9.17, 15) is 9.90 Å². The van der Waals surface area contributed by atoms with Gasteiger partial charge in [-0.2, -0.15) is 0 Å². The zero-order valence-corrected chi connectivity index (χ0v) is 11.9. The minimum atomic E-state index is 0.169. The second-order valence-electron chi connectivity index (χ2n) is 3.87. The van der Waals surface area contributed by atoms with E-state index in [4.69, 9.17) is 16.6 Å². The highest BCUT2D eigenvalue weighted by Crippen LogP contribution is 2.26. The van der Waals surface area contributed by atoms with E-state index in [0.717, 1.165) is 5.56 Å². The molecule has 0 saturated heterocycles. The number of amides is 1. The molecule has 0 aliphatic heterocycles. The van der Waals surface area contributed by atoms with Crippen LogP contribution >= 0.6 is 24.8 Å². The second kappa shape index (κ2) is 6.40. The molecule has 0 atom stereocenters. The maximum Gasteiger partial charge on any atom is 0.212 e. The van der Waals surface area contributed by atoms with Gasteiger partial charge in [0.15, 0.2) is 0 Å². The third-order valence-electron chi connectivity index (χ3n) is 2.46. The predicted octanol–water partition coefficient (Wildman–Crippen LogP) is 3.00. The average Bonchev–Trinajstić information content (AvgIpc) is 2.87. The third kappa shape index (κ3) is 3.49. The number of nitrogens with one attached hydrogen (secondary N) is 1. The molecule has 0 fully saturated rings. The molecule has 1 amide bonds. The number of carbonyl (C=O) groups is 1. The molecule has 2 aromatic rings. The van der Waals surface area contributed by atoms with Gasteiger partial charge in [0, 0.05) is 10.5 Å². The van der Waals surface area contributed by atoms with E-state index in [1.807, 2.05) is 6.07 Å². The first-order chi connectivity index (χ1) is 9.60. The van der Waals surface area contributed by atoms with Crippen molar-refractivity contribution in [1.29, 1.82) is 0 Å². The van der Waals surface area contributed by atoms with E-state index >= 15 is 0 Å². The Balaban J connectivity index is 2.23. The zero-order valence-electron chi connectivity index (χ0n) is 10.2. The summed E-state index contributed by atoms with van der Waals surface area (Å²) in [5.41, 5.74) is 0.763. The second-order valence-corrected chi connectivity index (χ2v) is 4.76. The van der Waals surface area contributed by atoms with Crippen molar-refractivity contribution < 1.29 is 14.3 Å². The first-order valence-corrected chi connectivity index (χ1v) is 6.50. The van der Waals surface area contributed by atoms with Crippen LogP contribution in [0.2, 0.25) is 0 Å². The van der Waals surface area contributed by atoms with Gasteiger partial charge in [-0.05, 0) is 30.3 Å². The number of carbonyl (C=O) groups excluding carboxylic acids is 1. The number of benzene rings is 1. The largest absolute Gasteiger partial charge is 0.508 e. The van der Waals surface area contributed by atoms with Crippen molar-refractivity contribution in [2.75, 3.05) is 0 Å². The van der Waals surface area contributed by atoms with Crippen molar-refractivity contribution in [1.82, 2.24) is 5.32 Å². The fraction of sp³-hybridized carbons (Fsp3) is 0. The van der Waals surface area contributed by atoms with Gasteiger partial charge in [-0.25, -0.2) is 0 Å². The molecule has 1 aromatic heterocycles. The number of hydrogen-bond donors (Lipinski definition) is 3. The molecule has 0 radical (unpaired) electrons. The molecule has 0 aliphatic rings. The summed E-state index contributed by atoms with van der Waals surface area (Å²) in [6.45, 7) is 0. The van der Waals surface area contributed by atoms with Gasteiger partial charge in [0.1, 0.15) is 22.3 Å². The lowest BCUT2D eigenvalue weighted by Gasteiger charge is -2.00. The van der Waals surface area contributed by atoms with E-state index in [0.29, 0.717) is 22.8 Å². The van der Waals surface area contributed by atoms with E-state index in [-0.39, 0.29) is 10.7 Å². The minimum Gasteiger partial charge on any atom is -0.508 e. The molecule has 0 bridgehead atoms. The Hall–Kier alpha value is -2.05. The lowest BCUT2D eigenvalue weighted by molar-refractivity contribution is -0.108. The van der Waals surface area contributed by atoms with Gasteiger partial charge in [-0.1, -0.05) is 24.4 Å². The molecule has 0 unspecified atom stereocenters. The predicted molar refractivity (Wildman–Crippen MR) is 84.6 cm³/mol. The summed E-state index contributed by atoms with van der Waals surface area (Å²) in [5.74, 6) is 1.33. The van der Waals surface area contributed by atoms with Crippen LogP contribution in [0.3, 0.4) is 0 Å². The van der Waals surface area contributed by atoms with Crippen molar-refractivity contribution in [2.45, 2.75) is 0 Å². The molecule has 0 saturated carbocycles. The molecule has 2 rings (SSSR count). The Morgan fingerprint density at radius 1 is 1.35 bits per heavy atom. The average molecular weight is 305 g/mol. The third-order valence-corrected chi connectivity index (χ3v) is 3.30. The van der Waals surface area contributed by atoms with Crippen LogP contribution in [0.4, 0.5) is 0 Å². The summed E-state index contributed by atoms with van der Waals surface area (Å²) < 4.78 is 5.61. The molecule has 1 heterocycles. The molecule has 0 aliphatic carbocycles. The number of aromatic hydroxyl groups is 1. The van der Waals surface area contributed by atoms with Crippen molar-refractivity contribution in [2.24, 2.45) is 0 Å². The quantitative estimate of drug-likeness (QED) is 0.352. The number of thiocarbonyl (C=S) groups is 1. The highest BCUT2D eigenvalue weighted by Gasteiger charge is 2.06. The molecule has 102 valence electrons. The summed E-state index contributed by atoms with van der Waals surface area (Å²) in [6, 6.07) is 10.3. The maximum atomic E-state index is 10.3. The van der Waals surface area contributed by atoms with Crippen LogP contribution in [-0.2, 0) is 4.79 Å². The number of phenolic OH excluding ortho intramolecular Hbond substituents is 1. The topological polar surface area (TPSA) is 62.5 Å². The van der Waals surface area contributed by atoms with Crippen LogP contribution in [0.5, 0.6) is 5.75 Å². The first-order valence-electron chi connectivity index (χ1n) is 5.64. The Kier molecular flexibility index (Phi) is 4.60. The first kappa shape index (κ1) is 14.4. The zero-order chi connectivity index (χ0) is 14.5. The lowest BCUT2D eigenvalue weighted by atomic mass is 10.2. The van der Waals surface area contributed by atoms with Crippen molar-refractivity contribution >= 4 is 42.3 Å². The van der Waals surface area contributed by atoms with Crippen LogP contribution in [-0.4, -0.2) is 16.5 Å². The van der Waals surface area contributed by atoms with E-state index in [1.165, 1.54) is 0 Å². The van der Waals surface area contributed by atoms with Crippen LogP contribution in [0.1, 0.15) is 5.76 Å². The molecular formula is C14H11NO3S2. The van der Waals surface area contributed by atoms with E-state index in [2.05, 4.69) is 17.9 Å². The minimum absolute atomic E-state index is 0.169. The summed E-state index contributed by atoms with van der Waals surface area (Å²) in [7, 11) is 0. The van der Waals surface area contributed by atoms with Gasteiger partial charge in [0.25, 0.3) is 0 Å². The van der Waals surface area contributed by atoms with Crippen LogP contribution < -0.4 is 5.32 Å². The molecule has 1 aromatic carbocycles. The number of hydrogen-bond acceptors (Lipinski definition) is 5. The van der Waals surface area contributed by atoms with E-state index in [1.54, 1.807) is 36.4 Å².